The van der Waals surface area contributed by atoms with Gasteiger partial charge in [-0.2, -0.15) is 0 Å². The predicted molar refractivity (Wildman–Crippen MR) is 112 cm³/mol. The smallest absolute Gasteiger partial charge is 0.159 e. The number of halogens is 2. The first-order valence-electron chi connectivity index (χ1n) is 10.1. The van der Waals surface area contributed by atoms with E-state index in [2.05, 4.69) is 4.98 Å². The summed E-state index contributed by atoms with van der Waals surface area (Å²) < 4.78 is 33.3. The third kappa shape index (κ3) is 5.81. The van der Waals surface area contributed by atoms with Crippen LogP contribution in [0.2, 0.25) is 5.02 Å². The fourth-order valence-electron chi connectivity index (χ4n) is 3.48. The second kappa shape index (κ2) is 10.1. The lowest BCUT2D eigenvalue weighted by atomic mass is 10.1. The lowest BCUT2D eigenvalue weighted by molar-refractivity contribution is -0.223. The molecule has 0 N–H and O–H groups in total. The zero-order chi connectivity index (χ0) is 20.8. The summed E-state index contributed by atoms with van der Waals surface area (Å²) >= 11 is 6.05. The standard InChI is InChI=1S/C23H24ClFN2O3/c24-18-6-4-17(5-7-18)22(14-27-13-12-26-16-27)30-23-3-1-2-21(29-23)15-28-20-10-8-19(25)9-11-20/h4-13,16,21-23H,1-3,14-15H2. The molecule has 1 aliphatic heterocycles. The van der Waals surface area contributed by atoms with Gasteiger partial charge in [0.15, 0.2) is 6.29 Å². The fraction of sp³-hybridized carbons (Fsp3) is 0.348. The summed E-state index contributed by atoms with van der Waals surface area (Å²) in [5.41, 5.74) is 1.03. The highest BCUT2D eigenvalue weighted by atomic mass is 35.5. The molecule has 0 spiro atoms. The van der Waals surface area contributed by atoms with Crippen LogP contribution in [0, 0.1) is 5.82 Å². The van der Waals surface area contributed by atoms with Crippen LogP contribution in [0.1, 0.15) is 30.9 Å². The Kier molecular flexibility index (Phi) is 7.00. The van der Waals surface area contributed by atoms with Crippen molar-refractivity contribution in [1.82, 2.24) is 9.55 Å². The van der Waals surface area contributed by atoms with Gasteiger partial charge < -0.3 is 18.8 Å². The molecule has 1 aliphatic rings. The van der Waals surface area contributed by atoms with Crippen LogP contribution in [0.5, 0.6) is 5.75 Å². The Bertz CT molecular complexity index is 903. The molecule has 3 atom stereocenters. The molecule has 1 aromatic heterocycles. The fourth-order valence-corrected chi connectivity index (χ4v) is 3.61. The molecule has 3 unspecified atom stereocenters. The molecule has 0 aliphatic carbocycles. The number of rotatable bonds is 8. The van der Waals surface area contributed by atoms with Gasteiger partial charge >= 0.3 is 0 Å². The minimum absolute atomic E-state index is 0.0760. The molecule has 3 aromatic rings. The Morgan fingerprint density at radius 1 is 1.13 bits per heavy atom. The summed E-state index contributed by atoms with van der Waals surface area (Å²) in [5.74, 6) is 0.345. The van der Waals surface area contributed by atoms with E-state index in [1.165, 1.54) is 12.1 Å². The molecule has 30 heavy (non-hydrogen) atoms. The van der Waals surface area contributed by atoms with Crippen LogP contribution in [0.4, 0.5) is 4.39 Å². The zero-order valence-corrected chi connectivity index (χ0v) is 17.2. The van der Waals surface area contributed by atoms with Crippen molar-refractivity contribution in [2.45, 2.75) is 44.3 Å². The van der Waals surface area contributed by atoms with E-state index < -0.39 is 0 Å². The quantitative estimate of drug-likeness (QED) is 0.479. The topological polar surface area (TPSA) is 45.5 Å². The first-order valence-corrected chi connectivity index (χ1v) is 10.4. The van der Waals surface area contributed by atoms with Crippen LogP contribution in [0.3, 0.4) is 0 Å². The highest BCUT2D eigenvalue weighted by Crippen LogP contribution is 2.29. The van der Waals surface area contributed by atoms with E-state index >= 15 is 0 Å². The van der Waals surface area contributed by atoms with Gasteiger partial charge in [0.2, 0.25) is 0 Å². The van der Waals surface area contributed by atoms with E-state index in [0.29, 0.717) is 23.9 Å². The number of hydrogen-bond acceptors (Lipinski definition) is 4. The van der Waals surface area contributed by atoms with Gasteiger partial charge in [0.25, 0.3) is 0 Å². The van der Waals surface area contributed by atoms with Gasteiger partial charge in [-0.1, -0.05) is 23.7 Å². The number of benzene rings is 2. The van der Waals surface area contributed by atoms with Crippen molar-refractivity contribution in [2.24, 2.45) is 0 Å². The van der Waals surface area contributed by atoms with Gasteiger partial charge in [-0.05, 0) is 61.2 Å². The molecule has 1 saturated heterocycles. The van der Waals surface area contributed by atoms with E-state index in [0.717, 1.165) is 24.8 Å². The second-order valence-corrected chi connectivity index (χ2v) is 7.76. The van der Waals surface area contributed by atoms with E-state index in [4.69, 9.17) is 25.8 Å². The monoisotopic (exact) mass is 430 g/mol. The molecule has 4 rings (SSSR count). The van der Waals surface area contributed by atoms with Crippen molar-refractivity contribution in [1.29, 1.82) is 0 Å². The normalized spacial score (nSPS) is 20.1. The van der Waals surface area contributed by atoms with Crippen LogP contribution >= 0.6 is 11.6 Å². The van der Waals surface area contributed by atoms with Crippen molar-refractivity contribution in [3.63, 3.8) is 0 Å². The molecule has 0 radical (unpaired) electrons. The van der Waals surface area contributed by atoms with Crippen LogP contribution in [-0.2, 0) is 16.0 Å². The first-order chi connectivity index (χ1) is 14.7. The summed E-state index contributed by atoms with van der Waals surface area (Å²) in [4.78, 5) is 4.12. The SMILES string of the molecule is Fc1ccc(OCC2CCCC(OC(Cn3ccnc3)c3ccc(Cl)cc3)O2)cc1. The minimum Gasteiger partial charge on any atom is -0.491 e. The summed E-state index contributed by atoms with van der Waals surface area (Å²) in [7, 11) is 0. The summed E-state index contributed by atoms with van der Waals surface area (Å²) in [5, 5.41) is 0.687. The average molecular weight is 431 g/mol. The molecule has 5 nitrogen and oxygen atoms in total. The van der Waals surface area contributed by atoms with Gasteiger partial charge in [0.05, 0.1) is 19.0 Å². The number of hydrogen-bond donors (Lipinski definition) is 0. The molecule has 1 fully saturated rings. The second-order valence-electron chi connectivity index (χ2n) is 7.32. The van der Waals surface area contributed by atoms with Gasteiger partial charge in [0, 0.05) is 17.4 Å². The Labute approximate surface area is 180 Å². The molecular weight excluding hydrogens is 407 g/mol. The zero-order valence-electron chi connectivity index (χ0n) is 16.5. The van der Waals surface area contributed by atoms with E-state index in [1.54, 1.807) is 24.7 Å². The predicted octanol–water partition coefficient (Wildman–Crippen LogP) is 5.41. The first kappa shape index (κ1) is 20.8. The number of ether oxygens (including phenoxy) is 3. The van der Waals surface area contributed by atoms with Gasteiger partial charge in [-0.25, -0.2) is 9.37 Å². The van der Waals surface area contributed by atoms with Crippen molar-refractivity contribution < 1.29 is 18.6 Å². The number of nitrogens with zero attached hydrogens (tertiary/aromatic N) is 2. The average Bonchev–Trinajstić information content (AvgIpc) is 3.27. The molecule has 158 valence electrons. The Morgan fingerprint density at radius 2 is 1.93 bits per heavy atom. The third-order valence-corrected chi connectivity index (χ3v) is 5.31. The molecule has 0 amide bonds. The van der Waals surface area contributed by atoms with Crippen molar-refractivity contribution in [2.75, 3.05) is 6.61 Å². The summed E-state index contributed by atoms with van der Waals surface area (Å²) in [6.07, 6.45) is 7.53. The van der Waals surface area contributed by atoms with E-state index in [-0.39, 0.29) is 24.3 Å². The van der Waals surface area contributed by atoms with Crippen LogP contribution in [0.15, 0.2) is 67.3 Å². The van der Waals surface area contributed by atoms with Gasteiger partial charge in [-0.15, -0.1) is 0 Å². The van der Waals surface area contributed by atoms with Crippen molar-refractivity contribution >= 4 is 11.6 Å². The lowest BCUT2D eigenvalue weighted by Crippen LogP contribution is -2.35. The highest BCUT2D eigenvalue weighted by molar-refractivity contribution is 6.30. The minimum atomic E-state index is -0.329. The third-order valence-electron chi connectivity index (χ3n) is 5.05. The van der Waals surface area contributed by atoms with Gasteiger partial charge in [0.1, 0.15) is 24.3 Å². The highest BCUT2D eigenvalue weighted by Gasteiger charge is 2.27. The molecule has 0 bridgehead atoms. The van der Waals surface area contributed by atoms with Crippen LogP contribution < -0.4 is 4.74 Å². The maximum Gasteiger partial charge on any atom is 0.159 e. The summed E-state index contributed by atoms with van der Waals surface area (Å²) in [6, 6.07) is 13.7. The molecule has 2 heterocycles. The number of imidazole rings is 1. The van der Waals surface area contributed by atoms with E-state index in [9.17, 15) is 4.39 Å². The largest absolute Gasteiger partial charge is 0.491 e. The lowest BCUT2D eigenvalue weighted by Gasteiger charge is -2.32. The Morgan fingerprint density at radius 3 is 2.67 bits per heavy atom. The van der Waals surface area contributed by atoms with Crippen LogP contribution in [0.25, 0.3) is 0 Å². The Hall–Kier alpha value is -2.41. The summed E-state index contributed by atoms with van der Waals surface area (Å²) in [6.45, 7) is 1.02. The van der Waals surface area contributed by atoms with Crippen molar-refractivity contribution in [3.05, 3.63) is 83.7 Å². The maximum atomic E-state index is 13.0. The molecular formula is C23H24ClFN2O3. The molecule has 0 saturated carbocycles. The van der Waals surface area contributed by atoms with Crippen molar-refractivity contribution in [3.8, 4) is 5.75 Å². The molecule has 2 aromatic carbocycles. The van der Waals surface area contributed by atoms with E-state index in [1.807, 2.05) is 35.0 Å². The number of aromatic nitrogens is 2. The Balaban J connectivity index is 1.37. The van der Waals surface area contributed by atoms with Gasteiger partial charge in [-0.3, -0.25) is 0 Å². The molecule has 7 heteroatoms. The maximum absolute atomic E-state index is 13.0. The van der Waals surface area contributed by atoms with Crippen LogP contribution in [-0.4, -0.2) is 28.6 Å².